The van der Waals surface area contributed by atoms with E-state index in [1.54, 1.807) is 0 Å². The lowest BCUT2D eigenvalue weighted by atomic mass is 10.0. The normalized spacial score (nSPS) is 14.8. The molecule has 4 aromatic rings. The SMILES string of the molecule is CC(C)c1cccc(C(=O)N2CCN(Cc3c(-c4ccc(Cl)cc4)nc4ccccn34)CC2)c1. The Balaban J connectivity index is 1.33. The van der Waals surface area contributed by atoms with Gasteiger partial charge in [0.15, 0.2) is 0 Å². The maximum atomic E-state index is 13.1. The largest absolute Gasteiger partial charge is 0.336 e. The third-order valence-corrected chi connectivity index (χ3v) is 6.83. The molecule has 0 spiro atoms. The fourth-order valence-corrected chi connectivity index (χ4v) is 4.70. The van der Waals surface area contributed by atoms with Gasteiger partial charge in [0.25, 0.3) is 5.91 Å². The Morgan fingerprint density at radius 1 is 0.971 bits per heavy atom. The van der Waals surface area contributed by atoms with Gasteiger partial charge in [-0.3, -0.25) is 9.69 Å². The number of hydrogen-bond donors (Lipinski definition) is 0. The molecule has 0 N–H and O–H groups in total. The highest BCUT2D eigenvalue weighted by molar-refractivity contribution is 6.30. The van der Waals surface area contributed by atoms with Gasteiger partial charge in [-0.1, -0.05) is 55.8 Å². The Labute approximate surface area is 205 Å². The topological polar surface area (TPSA) is 40.9 Å². The summed E-state index contributed by atoms with van der Waals surface area (Å²) in [5.74, 6) is 0.531. The predicted molar refractivity (Wildman–Crippen MR) is 137 cm³/mol. The van der Waals surface area contributed by atoms with Crippen LogP contribution in [-0.4, -0.2) is 51.3 Å². The molecule has 0 unspecified atom stereocenters. The molecule has 5 rings (SSSR count). The first-order valence-corrected chi connectivity index (χ1v) is 12.2. The van der Waals surface area contributed by atoms with Gasteiger partial charge in [0, 0.05) is 55.1 Å². The first-order valence-electron chi connectivity index (χ1n) is 11.8. The Hall–Kier alpha value is -3.15. The van der Waals surface area contributed by atoms with E-state index in [4.69, 9.17) is 16.6 Å². The molecule has 0 saturated carbocycles. The minimum Gasteiger partial charge on any atom is -0.336 e. The van der Waals surface area contributed by atoms with E-state index < -0.39 is 0 Å². The van der Waals surface area contributed by atoms with E-state index >= 15 is 0 Å². The summed E-state index contributed by atoms with van der Waals surface area (Å²) in [4.78, 5) is 22.4. The first kappa shape index (κ1) is 22.6. The molecule has 2 aromatic heterocycles. The Morgan fingerprint density at radius 2 is 1.74 bits per heavy atom. The Bertz CT molecular complexity index is 1300. The van der Waals surface area contributed by atoms with Crippen LogP contribution < -0.4 is 0 Å². The van der Waals surface area contributed by atoms with Gasteiger partial charge < -0.3 is 9.30 Å². The van der Waals surface area contributed by atoms with Crippen molar-refractivity contribution in [2.45, 2.75) is 26.3 Å². The zero-order chi connectivity index (χ0) is 23.7. The minimum absolute atomic E-state index is 0.124. The van der Waals surface area contributed by atoms with Crippen molar-refractivity contribution >= 4 is 23.2 Å². The van der Waals surface area contributed by atoms with Crippen molar-refractivity contribution in [3.05, 3.63) is 94.8 Å². The number of carbonyl (C=O) groups is 1. The second-order valence-corrected chi connectivity index (χ2v) is 9.63. The van der Waals surface area contributed by atoms with Gasteiger partial charge in [-0.2, -0.15) is 0 Å². The molecule has 1 amide bonds. The first-order chi connectivity index (χ1) is 16.5. The number of amides is 1. The van der Waals surface area contributed by atoms with Crippen molar-refractivity contribution in [2.24, 2.45) is 0 Å². The molecule has 0 atom stereocenters. The van der Waals surface area contributed by atoms with Gasteiger partial charge in [0.2, 0.25) is 0 Å². The van der Waals surface area contributed by atoms with E-state index in [0.29, 0.717) is 10.9 Å². The zero-order valence-electron chi connectivity index (χ0n) is 19.6. The summed E-state index contributed by atoms with van der Waals surface area (Å²) in [6.45, 7) is 8.18. The number of benzene rings is 2. The number of nitrogens with zero attached hydrogens (tertiary/aromatic N) is 4. The molecule has 0 radical (unpaired) electrons. The van der Waals surface area contributed by atoms with Crippen LogP contribution in [0.2, 0.25) is 5.02 Å². The van der Waals surface area contributed by atoms with Crippen molar-refractivity contribution < 1.29 is 4.79 Å². The van der Waals surface area contributed by atoms with Crippen molar-refractivity contribution in [3.63, 3.8) is 0 Å². The van der Waals surface area contributed by atoms with Crippen molar-refractivity contribution in [1.29, 1.82) is 0 Å². The van der Waals surface area contributed by atoms with Crippen LogP contribution in [0.3, 0.4) is 0 Å². The zero-order valence-corrected chi connectivity index (χ0v) is 20.4. The van der Waals surface area contributed by atoms with Gasteiger partial charge in [-0.05, 0) is 47.9 Å². The molecule has 3 heterocycles. The van der Waals surface area contributed by atoms with Gasteiger partial charge in [-0.15, -0.1) is 0 Å². The lowest BCUT2D eigenvalue weighted by Crippen LogP contribution is -2.48. The standard InChI is InChI=1S/C28H29ClN4O/c1-20(2)22-6-5-7-23(18-22)28(34)32-16-14-31(15-17-32)19-25-27(21-9-11-24(29)12-10-21)30-26-8-3-4-13-33(25)26/h3-13,18,20H,14-17,19H2,1-2H3. The van der Waals surface area contributed by atoms with Crippen LogP contribution >= 0.6 is 11.6 Å². The minimum atomic E-state index is 0.124. The smallest absolute Gasteiger partial charge is 0.253 e. The van der Waals surface area contributed by atoms with Crippen molar-refractivity contribution in [2.75, 3.05) is 26.2 Å². The van der Waals surface area contributed by atoms with Crippen LogP contribution in [0.4, 0.5) is 0 Å². The maximum absolute atomic E-state index is 13.1. The fourth-order valence-electron chi connectivity index (χ4n) is 4.57. The summed E-state index contributed by atoms with van der Waals surface area (Å²) in [6, 6.07) is 22.0. The highest BCUT2D eigenvalue weighted by Gasteiger charge is 2.24. The van der Waals surface area contributed by atoms with Crippen LogP contribution in [-0.2, 0) is 6.54 Å². The van der Waals surface area contributed by atoms with E-state index in [9.17, 15) is 4.79 Å². The fraction of sp³-hybridized carbons (Fsp3) is 0.286. The molecule has 0 aliphatic carbocycles. The number of pyridine rings is 1. The van der Waals surface area contributed by atoms with Crippen LogP contribution in [0.5, 0.6) is 0 Å². The number of halogens is 1. The highest BCUT2D eigenvalue weighted by Crippen LogP contribution is 2.27. The summed E-state index contributed by atoms with van der Waals surface area (Å²) in [6.07, 6.45) is 2.07. The molecule has 1 fully saturated rings. The van der Waals surface area contributed by atoms with Gasteiger partial charge in [-0.25, -0.2) is 4.98 Å². The van der Waals surface area contributed by atoms with Crippen LogP contribution in [0.15, 0.2) is 72.9 Å². The lowest BCUT2D eigenvalue weighted by Gasteiger charge is -2.35. The van der Waals surface area contributed by atoms with Gasteiger partial charge >= 0.3 is 0 Å². The molecule has 0 bridgehead atoms. The number of carbonyl (C=O) groups excluding carboxylic acids is 1. The molecule has 1 saturated heterocycles. The molecule has 6 heteroatoms. The van der Waals surface area contributed by atoms with E-state index in [1.807, 2.05) is 65.6 Å². The summed E-state index contributed by atoms with van der Waals surface area (Å²) in [7, 11) is 0. The number of fused-ring (bicyclic) bond motifs is 1. The molecular weight excluding hydrogens is 444 g/mol. The Kier molecular flexibility index (Phi) is 6.40. The third-order valence-electron chi connectivity index (χ3n) is 6.58. The molecule has 34 heavy (non-hydrogen) atoms. The highest BCUT2D eigenvalue weighted by atomic mass is 35.5. The molecule has 1 aliphatic rings. The van der Waals surface area contributed by atoms with Crippen LogP contribution in [0.25, 0.3) is 16.9 Å². The second kappa shape index (κ2) is 9.61. The third kappa shape index (κ3) is 4.59. The van der Waals surface area contributed by atoms with Gasteiger partial charge in [0.1, 0.15) is 5.65 Å². The van der Waals surface area contributed by atoms with Crippen LogP contribution in [0, 0.1) is 0 Å². The summed E-state index contributed by atoms with van der Waals surface area (Å²) >= 11 is 6.11. The maximum Gasteiger partial charge on any atom is 0.253 e. The number of rotatable bonds is 5. The average Bonchev–Trinajstić information content (AvgIpc) is 3.23. The van der Waals surface area contributed by atoms with Gasteiger partial charge in [0.05, 0.1) is 11.4 Å². The molecule has 1 aliphatic heterocycles. The van der Waals surface area contributed by atoms with E-state index in [1.165, 1.54) is 5.56 Å². The second-order valence-electron chi connectivity index (χ2n) is 9.19. The predicted octanol–water partition coefficient (Wildman–Crippen LogP) is 5.74. The number of piperazine rings is 1. The Morgan fingerprint density at radius 3 is 2.47 bits per heavy atom. The number of aromatic nitrogens is 2. The van der Waals surface area contributed by atoms with Crippen molar-refractivity contribution in [1.82, 2.24) is 19.2 Å². The quantitative estimate of drug-likeness (QED) is 0.372. The number of imidazole rings is 1. The van der Waals surface area contributed by atoms with E-state index in [-0.39, 0.29) is 5.91 Å². The molecule has 174 valence electrons. The summed E-state index contributed by atoms with van der Waals surface area (Å²) in [5, 5.41) is 0.716. The van der Waals surface area contributed by atoms with Crippen LogP contribution in [0.1, 0.15) is 41.4 Å². The molecule has 2 aromatic carbocycles. The monoisotopic (exact) mass is 472 g/mol. The van der Waals surface area contributed by atoms with E-state index in [0.717, 1.165) is 60.9 Å². The molecular formula is C28H29ClN4O. The molecule has 5 nitrogen and oxygen atoms in total. The number of hydrogen-bond acceptors (Lipinski definition) is 3. The average molecular weight is 473 g/mol. The summed E-state index contributed by atoms with van der Waals surface area (Å²) in [5.41, 5.74) is 6.11. The summed E-state index contributed by atoms with van der Waals surface area (Å²) < 4.78 is 2.17. The lowest BCUT2D eigenvalue weighted by molar-refractivity contribution is 0.0627. The van der Waals surface area contributed by atoms with E-state index in [2.05, 4.69) is 35.4 Å². The van der Waals surface area contributed by atoms with Crippen molar-refractivity contribution in [3.8, 4) is 11.3 Å².